The SMILES string of the molecule is CC1SCCC1N(CC(=O)O)C(C)(C)C. The molecule has 1 aliphatic rings. The molecule has 15 heavy (non-hydrogen) atoms. The number of hydrogen-bond donors (Lipinski definition) is 1. The molecule has 4 heteroatoms. The fourth-order valence-corrected chi connectivity index (χ4v) is 3.38. The van der Waals surface area contributed by atoms with E-state index in [2.05, 4.69) is 32.6 Å². The molecule has 0 aromatic heterocycles. The van der Waals surface area contributed by atoms with Crippen molar-refractivity contribution in [2.45, 2.75) is 50.9 Å². The number of carbonyl (C=O) groups is 1. The zero-order valence-corrected chi connectivity index (χ0v) is 10.8. The minimum Gasteiger partial charge on any atom is -0.480 e. The Labute approximate surface area is 96.2 Å². The normalized spacial score (nSPS) is 27.3. The number of carboxylic acid groups (broad SMARTS) is 1. The number of aliphatic carboxylic acids is 1. The zero-order valence-electron chi connectivity index (χ0n) is 9.99. The molecule has 0 radical (unpaired) electrons. The van der Waals surface area contributed by atoms with E-state index in [-0.39, 0.29) is 12.1 Å². The second-order valence-corrected chi connectivity index (χ2v) is 6.61. The van der Waals surface area contributed by atoms with Gasteiger partial charge in [0.15, 0.2) is 0 Å². The zero-order chi connectivity index (χ0) is 11.6. The molecule has 3 nitrogen and oxygen atoms in total. The predicted octanol–water partition coefficient (Wildman–Crippen LogP) is 2.07. The van der Waals surface area contributed by atoms with E-state index in [0.29, 0.717) is 11.3 Å². The third-order valence-corrected chi connectivity index (χ3v) is 4.22. The molecule has 0 aromatic carbocycles. The number of thioether (sulfide) groups is 1. The number of carboxylic acids is 1. The van der Waals surface area contributed by atoms with Crippen molar-refractivity contribution in [1.82, 2.24) is 4.90 Å². The topological polar surface area (TPSA) is 40.5 Å². The Morgan fingerprint density at radius 2 is 2.13 bits per heavy atom. The Morgan fingerprint density at radius 3 is 2.47 bits per heavy atom. The number of hydrogen-bond acceptors (Lipinski definition) is 3. The van der Waals surface area contributed by atoms with E-state index in [1.165, 1.54) is 0 Å². The minimum atomic E-state index is -0.728. The lowest BCUT2D eigenvalue weighted by atomic mass is 10.00. The monoisotopic (exact) mass is 231 g/mol. The number of nitrogens with zero attached hydrogens (tertiary/aromatic N) is 1. The third kappa shape index (κ3) is 3.38. The van der Waals surface area contributed by atoms with Crippen molar-refractivity contribution >= 4 is 17.7 Å². The highest BCUT2D eigenvalue weighted by atomic mass is 32.2. The van der Waals surface area contributed by atoms with Crippen LogP contribution in [0.2, 0.25) is 0 Å². The van der Waals surface area contributed by atoms with Gasteiger partial charge in [0.05, 0.1) is 6.54 Å². The molecule has 0 spiro atoms. The summed E-state index contributed by atoms with van der Waals surface area (Å²) in [5.41, 5.74) is -0.0672. The first kappa shape index (κ1) is 12.8. The molecule has 0 bridgehead atoms. The molecule has 0 aliphatic carbocycles. The molecular formula is C11H21NO2S. The summed E-state index contributed by atoms with van der Waals surface area (Å²) in [5, 5.41) is 9.49. The summed E-state index contributed by atoms with van der Waals surface area (Å²) in [7, 11) is 0. The summed E-state index contributed by atoms with van der Waals surface area (Å²) >= 11 is 1.94. The van der Waals surface area contributed by atoms with Gasteiger partial charge in [-0.15, -0.1) is 0 Å². The fourth-order valence-electron chi connectivity index (χ4n) is 2.13. The van der Waals surface area contributed by atoms with E-state index in [1.807, 2.05) is 11.8 Å². The highest BCUT2D eigenvalue weighted by molar-refractivity contribution is 8.00. The average Bonchev–Trinajstić information content (AvgIpc) is 2.45. The van der Waals surface area contributed by atoms with E-state index >= 15 is 0 Å². The van der Waals surface area contributed by atoms with Crippen molar-refractivity contribution in [1.29, 1.82) is 0 Å². The van der Waals surface area contributed by atoms with E-state index < -0.39 is 5.97 Å². The summed E-state index contributed by atoms with van der Waals surface area (Å²) in [6.45, 7) is 8.62. The van der Waals surface area contributed by atoms with E-state index in [0.717, 1.165) is 12.2 Å². The lowest BCUT2D eigenvalue weighted by molar-refractivity contribution is -0.140. The molecule has 1 N–H and O–H groups in total. The molecule has 2 unspecified atom stereocenters. The lowest BCUT2D eigenvalue weighted by Crippen LogP contribution is -2.52. The van der Waals surface area contributed by atoms with Gasteiger partial charge >= 0.3 is 5.97 Å². The maximum absolute atomic E-state index is 10.9. The van der Waals surface area contributed by atoms with Gasteiger partial charge in [0.2, 0.25) is 0 Å². The Hall–Kier alpha value is -0.220. The summed E-state index contributed by atoms with van der Waals surface area (Å²) < 4.78 is 0. The van der Waals surface area contributed by atoms with Crippen molar-refractivity contribution in [2.75, 3.05) is 12.3 Å². The van der Waals surface area contributed by atoms with Crippen LogP contribution in [0.3, 0.4) is 0 Å². The van der Waals surface area contributed by atoms with Crippen molar-refractivity contribution < 1.29 is 9.90 Å². The van der Waals surface area contributed by atoms with Crippen LogP contribution in [0.5, 0.6) is 0 Å². The molecule has 1 rings (SSSR count). The molecule has 0 amide bonds. The molecule has 88 valence electrons. The first-order valence-electron chi connectivity index (χ1n) is 5.42. The van der Waals surface area contributed by atoms with Crippen LogP contribution in [0.25, 0.3) is 0 Å². The van der Waals surface area contributed by atoms with Crippen LogP contribution in [0.4, 0.5) is 0 Å². The summed E-state index contributed by atoms with van der Waals surface area (Å²) in [4.78, 5) is 13.0. The Morgan fingerprint density at radius 1 is 1.53 bits per heavy atom. The van der Waals surface area contributed by atoms with E-state index in [4.69, 9.17) is 5.11 Å². The van der Waals surface area contributed by atoms with Gasteiger partial charge in [-0.1, -0.05) is 6.92 Å². The maximum Gasteiger partial charge on any atom is 0.317 e. The lowest BCUT2D eigenvalue weighted by Gasteiger charge is -2.40. The standard InChI is InChI=1S/C11H21NO2S/c1-8-9(5-6-15-8)12(7-10(13)14)11(2,3)4/h8-9H,5-7H2,1-4H3,(H,13,14). The third-order valence-electron chi connectivity index (χ3n) is 2.90. The van der Waals surface area contributed by atoms with E-state index in [9.17, 15) is 4.79 Å². The van der Waals surface area contributed by atoms with Gasteiger partial charge < -0.3 is 5.11 Å². The van der Waals surface area contributed by atoms with Crippen molar-refractivity contribution in [2.24, 2.45) is 0 Å². The Bertz CT molecular complexity index is 237. The Kier molecular flexibility index (Phi) is 4.06. The molecule has 0 saturated carbocycles. The molecular weight excluding hydrogens is 210 g/mol. The second kappa shape index (κ2) is 4.74. The highest BCUT2D eigenvalue weighted by Gasteiger charge is 2.36. The number of rotatable bonds is 3. The van der Waals surface area contributed by atoms with E-state index in [1.54, 1.807) is 0 Å². The van der Waals surface area contributed by atoms with Gasteiger partial charge in [-0.3, -0.25) is 9.69 Å². The molecule has 1 saturated heterocycles. The van der Waals surface area contributed by atoms with Crippen molar-refractivity contribution in [3.8, 4) is 0 Å². The highest BCUT2D eigenvalue weighted by Crippen LogP contribution is 2.33. The fraction of sp³-hybridized carbons (Fsp3) is 0.909. The molecule has 1 aliphatic heterocycles. The van der Waals surface area contributed by atoms with Gasteiger partial charge in [-0.25, -0.2) is 0 Å². The Balaban J connectivity index is 2.76. The van der Waals surface area contributed by atoms with Gasteiger partial charge in [0, 0.05) is 16.8 Å². The van der Waals surface area contributed by atoms with Gasteiger partial charge in [0.25, 0.3) is 0 Å². The molecule has 0 aromatic rings. The van der Waals surface area contributed by atoms with Crippen molar-refractivity contribution in [3.63, 3.8) is 0 Å². The maximum atomic E-state index is 10.9. The van der Waals surface area contributed by atoms with Crippen LogP contribution in [0.15, 0.2) is 0 Å². The minimum absolute atomic E-state index is 0.0672. The average molecular weight is 231 g/mol. The second-order valence-electron chi connectivity index (χ2n) is 5.12. The predicted molar refractivity (Wildman–Crippen MR) is 64.4 cm³/mol. The molecule has 1 fully saturated rings. The van der Waals surface area contributed by atoms with Crippen LogP contribution >= 0.6 is 11.8 Å². The smallest absolute Gasteiger partial charge is 0.317 e. The van der Waals surface area contributed by atoms with Gasteiger partial charge in [-0.05, 0) is 32.9 Å². The van der Waals surface area contributed by atoms with Gasteiger partial charge in [-0.2, -0.15) is 11.8 Å². The first-order chi connectivity index (χ1) is 6.82. The van der Waals surface area contributed by atoms with Crippen LogP contribution in [0, 0.1) is 0 Å². The first-order valence-corrected chi connectivity index (χ1v) is 6.47. The summed E-state index contributed by atoms with van der Waals surface area (Å²) in [6, 6.07) is 0.408. The van der Waals surface area contributed by atoms with Crippen LogP contribution in [0.1, 0.15) is 34.1 Å². The van der Waals surface area contributed by atoms with Crippen LogP contribution in [-0.4, -0.2) is 45.1 Å². The summed E-state index contributed by atoms with van der Waals surface area (Å²) in [6.07, 6.45) is 1.11. The van der Waals surface area contributed by atoms with Crippen molar-refractivity contribution in [3.05, 3.63) is 0 Å². The van der Waals surface area contributed by atoms with Crippen LogP contribution in [-0.2, 0) is 4.79 Å². The largest absolute Gasteiger partial charge is 0.480 e. The molecule has 1 heterocycles. The quantitative estimate of drug-likeness (QED) is 0.807. The van der Waals surface area contributed by atoms with Crippen LogP contribution < -0.4 is 0 Å². The summed E-state index contributed by atoms with van der Waals surface area (Å²) in [5.74, 6) is 0.423. The van der Waals surface area contributed by atoms with Gasteiger partial charge in [0.1, 0.15) is 0 Å². The molecule has 2 atom stereocenters.